The van der Waals surface area contributed by atoms with Gasteiger partial charge in [0.1, 0.15) is 6.10 Å². The van der Waals surface area contributed by atoms with E-state index in [1.165, 1.54) is 57.8 Å². The third-order valence-electron chi connectivity index (χ3n) is 8.39. The maximum Gasteiger partial charge on any atom is 0.306 e. The van der Waals surface area contributed by atoms with Gasteiger partial charge in [0, 0.05) is 13.0 Å². The van der Waals surface area contributed by atoms with Gasteiger partial charge in [0.25, 0.3) is 0 Å². The van der Waals surface area contributed by atoms with E-state index in [-0.39, 0.29) is 19.2 Å². The third kappa shape index (κ3) is 41.6. The fourth-order valence-corrected chi connectivity index (χ4v) is 5.30. The van der Waals surface area contributed by atoms with Crippen molar-refractivity contribution in [1.82, 2.24) is 0 Å². The van der Waals surface area contributed by atoms with Crippen LogP contribution in [0, 0.1) is 0 Å². The summed E-state index contributed by atoms with van der Waals surface area (Å²) in [6, 6.07) is 0. The number of aliphatic hydroxyl groups excluding tert-OH is 1. The summed E-state index contributed by atoms with van der Waals surface area (Å²) in [5.41, 5.74) is 0. The number of unbranched alkanes of at least 4 members (excludes halogenated alkanes) is 13. The van der Waals surface area contributed by atoms with Crippen molar-refractivity contribution in [3.05, 3.63) is 97.2 Å². The highest BCUT2D eigenvalue weighted by atomic mass is 16.6. The average Bonchev–Trinajstić information content (AvgIpc) is 3.14. The second-order valence-corrected chi connectivity index (χ2v) is 13.3. The molecule has 0 aliphatic rings. The summed E-state index contributed by atoms with van der Waals surface area (Å²) in [4.78, 5) is 12.2. The lowest BCUT2D eigenvalue weighted by molar-refractivity contribution is -0.154. The summed E-state index contributed by atoms with van der Waals surface area (Å²) >= 11 is 0. The van der Waals surface area contributed by atoms with Crippen LogP contribution in [0.2, 0.25) is 0 Å². The molecule has 4 heteroatoms. The van der Waals surface area contributed by atoms with Crippen LogP contribution in [0.3, 0.4) is 0 Å². The molecular formula is C47H78O4. The maximum absolute atomic E-state index is 12.2. The molecule has 0 fully saturated rings. The van der Waals surface area contributed by atoms with E-state index in [0.29, 0.717) is 13.0 Å². The highest BCUT2D eigenvalue weighted by Crippen LogP contribution is 2.11. The van der Waals surface area contributed by atoms with Crippen LogP contribution < -0.4 is 0 Å². The number of rotatable bonds is 37. The van der Waals surface area contributed by atoms with Gasteiger partial charge >= 0.3 is 5.97 Å². The Hall–Kier alpha value is -2.69. The monoisotopic (exact) mass is 707 g/mol. The first-order chi connectivity index (χ1) is 25.2. The van der Waals surface area contributed by atoms with E-state index in [0.717, 1.165) is 89.9 Å². The van der Waals surface area contributed by atoms with Gasteiger partial charge in [-0.15, -0.1) is 0 Å². The van der Waals surface area contributed by atoms with Crippen molar-refractivity contribution < 1.29 is 19.4 Å². The number of aliphatic hydroxyl groups is 1. The third-order valence-corrected chi connectivity index (χ3v) is 8.39. The molecule has 0 heterocycles. The molecule has 0 saturated heterocycles. The van der Waals surface area contributed by atoms with Crippen molar-refractivity contribution in [1.29, 1.82) is 0 Å². The molecule has 0 rings (SSSR count). The molecule has 0 saturated carbocycles. The Kier molecular flexibility index (Phi) is 41.2. The lowest BCUT2D eigenvalue weighted by atomic mass is 10.1. The van der Waals surface area contributed by atoms with Gasteiger partial charge in [-0.1, -0.05) is 162 Å². The SMILES string of the molecule is CC/C=C\C/C=C\C/C=C\C/C=C\C/C=C\C/C=C\C/C=C\CCCCOCC(CO)OC(=O)CCCCCCC/C=C\CCCCCCCC. The standard InChI is InChI=1S/C47H78O4/c1-3-5-7-9-11-13-15-17-19-20-21-22-23-24-25-26-27-29-31-33-35-37-39-41-43-50-45-46(44-48)51-47(49)42-40-38-36-34-32-30-28-18-16-14-12-10-8-6-4-2/h5,7,11,13,17-19,21-22,24-25,27-29,33,35,46,48H,3-4,6,8-10,12,14-16,20,23,26,30-32,34,36-45H2,1-2H3/b7-5-,13-11-,19-17-,22-21-,25-24-,28-18-,29-27-,35-33-. The van der Waals surface area contributed by atoms with Crippen LogP contribution in [0.15, 0.2) is 97.2 Å². The molecule has 0 bridgehead atoms. The number of ether oxygens (including phenoxy) is 2. The van der Waals surface area contributed by atoms with Crippen molar-refractivity contribution >= 4 is 5.97 Å². The molecule has 0 aromatic carbocycles. The second kappa shape index (κ2) is 43.5. The van der Waals surface area contributed by atoms with Crippen molar-refractivity contribution in [2.75, 3.05) is 19.8 Å². The van der Waals surface area contributed by atoms with Gasteiger partial charge in [0.05, 0.1) is 13.2 Å². The number of allylic oxidation sites excluding steroid dienone is 16. The summed E-state index contributed by atoms with van der Waals surface area (Å²) < 4.78 is 11.1. The molecule has 1 atom stereocenters. The molecule has 0 radical (unpaired) electrons. The van der Waals surface area contributed by atoms with E-state index in [1.807, 2.05) is 0 Å². The highest BCUT2D eigenvalue weighted by Gasteiger charge is 2.13. The summed E-state index contributed by atoms with van der Waals surface area (Å²) in [7, 11) is 0. The van der Waals surface area contributed by atoms with Crippen molar-refractivity contribution in [3.63, 3.8) is 0 Å². The minimum Gasteiger partial charge on any atom is -0.457 e. The van der Waals surface area contributed by atoms with Crippen LogP contribution in [-0.2, 0) is 14.3 Å². The highest BCUT2D eigenvalue weighted by molar-refractivity contribution is 5.69. The molecule has 0 aromatic rings. The average molecular weight is 707 g/mol. The normalized spacial score (nSPS) is 13.4. The van der Waals surface area contributed by atoms with E-state index in [2.05, 4.69) is 111 Å². The molecule has 0 spiro atoms. The number of carbonyl (C=O) groups is 1. The number of hydrogen-bond donors (Lipinski definition) is 1. The number of esters is 1. The quantitative estimate of drug-likeness (QED) is 0.0397. The van der Waals surface area contributed by atoms with Crippen LogP contribution in [0.4, 0.5) is 0 Å². The Balaban J connectivity index is 3.61. The summed E-state index contributed by atoms with van der Waals surface area (Å²) in [5, 5.41) is 9.58. The van der Waals surface area contributed by atoms with Crippen LogP contribution in [0.25, 0.3) is 0 Å². The van der Waals surface area contributed by atoms with Crippen molar-refractivity contribution in [2.24, 2.45) is 0 Å². The Bertz CT molecular complexity index is 965. The van der Waals surface area contributed by atoms with E-state index in [4.69, 9.17) is 9.47 Å². The lowest BCUT2D eigenvalue weighted by Gasteiger charge is -2.15. The Morgan fingerprint density at radius 2 is 0.882 bits per heavy atom. The van der Waals surface area contributed by atoms with Crippen molar-refractivity contribution in [2.45, 2.75) is 174 Å². The van der Waals surface area contributed by atoms with Gasteiger partial charge in [0.2, 0.25) is 0 Å². The molecule has 51 heavy (non-hydrogen) atoms. The van der Waals surface area contributed by atoms with E-state index >= 15 is 0 Å². The topological polar surface area (TPSA) is 55.8 Å². The fraction of sp³-hybridized carbons (Fsp3) is 0.638. The predicted molar refractivity (Wildman–Crippen MR) is 223 cm³/mol. The van der Waals surface area contributed by atoms with Crippen LogP contribution in [0.5, 0.6) is 0 Å². The summed E-state index contributed by atoms with van der Waals surface area (Å²) in [6.45, 7) is 5.10. The summed E-state index contributed by atoms with van der Waals surface area (Å²) in [6.07, 6.45) is 61.8. The first kappa shape index (κ1) is 48.3. The van der Waals surface area contributed by atoms with Crippen molar-refractivity contribution in [3.8, 4) is 0 Å². The lowest BCUT2D eigenvalue weighted by Crippen LogP contribution is -2.27. The molecule has 4 nitrogen and oxygen atoms in total. The van der Waals surface area contributed by atoms with Gasteiger partial charge in [0.15, 0.2) is 0 Å². The van der Waals surface area contributed by atoms with Crippen LogP contribution in [-0.4, -0.2) is 37.0 Å². The number of carbonyl (C=O) groups excluding carboxylic acids is 1. The molecule has 0 aromatic heterocycles. The van der Waals surface area contributed by atoms with Gasteiger partial charge in [-0.3, -0.25) is 4.79 Å². The molecule has 0 aliphatic carbocycles. The first-order valence-corrected chi connectivity index (χ1v) is 20.8. The van der Waals surface area contributed by atoms with Crippen LogP contribution >= 0.6 is 0 Å². The summed E-state index contributed by atoms with van der Waals surface area (Å²) in [5.74, 6) is -0.229. The smallest absolute Gasteiger partial charge is 0.306 e. The molecule has 290 valence electrons. The maximum atomic E-state index is 12.2. The van der Waals surface area contributed by atoms with Gasteiger partial charge < -0.3 is 14.6 Å². The number of hydrogen-bond acceptors (Lipinski definition) is 4. The molecular weight excluding hydrogens is 629 g/mol. The minimum atomic E-state index is -0.568. The molecule has 1 N–H and O–H groups in total. The molecule has 1 unspecified atom stereocenters. The zero-order valence-corrected chi connectivity index (χ0v) is 33.1. The van der Waals surface area contributed by atoms with Gasteiger partial charge in [-0.2, -0.15) is 0 Å². The van der Waals surface area contributed by atoms with E-state index < -0.39 is 6.10 Å². The zero-order valence-electron chi connectivity index (χ0n) is 33.1. The van der Waals surface area contributed by atoms with Gasteiger partial charge in [-0.25, -0.2) is 0 Å². The second-order valence-electron chi connectivity index (χ2n) is 13.3. The molecule has 0 amide bonds. The fourth-order valence-electron chi connectivity index (χ4n) is 5.30. The van der Waals surface area contributed by atoms with E-state index in [1.54, 1.807) is 0 Å². The largest absolute Gasteiger partial charge is 0.457 e. The van der Waals surface area contributed by atoms with Crippen LogP contribution in [0.1, 0.15) is 168 Å². The van der Waals surface area contributed by atoms with E-state index in [9.17, 15) is 9.90 Å². The molecule has 0 aliphatic heterocycles. The Labute approximate surface area is 315 Å². The zero-order chi connectivity index (χ0) is 37.0. The minimum absolute atomic E-state index is 0.199. The predicted octanol–water partition coefficient (Wildman–Crippen LogP) is 13.8. The Morgan fingerprint density at radius 1 is 0.490 bits per heavy atom. The van der Waals surface area contributed by atoms with Gasteiger partial charge in [-0.05, 0) is 96.3 Å². The first-order valence-electron chi connectivity index (χ1n) is 20.8. The Morgan fingerprint density at radius 3 is 1.35 bits per heavy atom.